The van der Waals surface area contributed by atoms with Crippen LogP contribution in [0, 0.1) is 0 Å². The molecule has 3 rings (SSSR count). The number of aromatic carboxylic acids is 1. The van der Waals surface area contributed by atoms with Gasteiger partial charge in [-0.2, -0.15) is 0 Å². The van der Waals surface area contributed by atoms with Crippen molar-refractivity contribution in [2.75, 3.05) is 11.5 Å². The zero-order valence-corrected chi connectivity index (χ0v) is 14.9. The second kappa shape index (κ2) is 6.91. The van der Waals surface area contributed by atoms with E-state index >= 15 is 0 Å². The SMILES string of the molecule is CCSc1cc(SCC)c2oc3ccc(C(=O)O)cc3c(=O)c2c1. The molecule has 1 heterocycles. The van der Waals surface area contributed by atoms with Crippen LogP contribution in [0.25, 0.3) is 21.9 Å². The molecule has 0 saturated heterocycles. The van der Waals surface area contributed by atoms with E-state index in [0.717, 1.165) is 21.3 Å². The first-order chi connectivity index (χ1) is 11.5. The number of thioether (sulfide) groups is 2. The molecule has 0 amide bonds. The molecule has 6 heteroatoms. The molecule has 4 nitrogen and oxygen atoms in total. The highest BCUT2D eigenvalue weighted by molar-refractivity contribution is 8.00. The molecule has 24 heavy (non-hydrogen) atoms. The predicted molar refractivity (Wildman–Crippen MR) is 99.7 cm³/mol. The van der Waals surface area contributed by atoms with Crippen molar-refractivity contribution >= 4 is 51.4 Å². The second-order valence-electron chi connectivity index (χ2n) is 5.11. The van der Waals surface area contributed by atoms with Crippen molar-refractivity contribution in [3.63, 3.8) is 0 Å². The molecule has 0 bridgehead atoms. The number of hydrogen-bond donors (Lipinski definition) is 1. The van der Waals surface area contributed by atoms with E-state index in [9.17, 15) is 9.59 Å². The highest BCUT2D eigenvalue weighted by Crippen LogP contribution is 2.33. The number of rotatable bonds is 5. The van der Waals surface area contributed by atoms with Gasteiger partial charge < -0.3 is 9.52 Å². The third kappa shape index (κ3) is 3.03. The highest BCUT2D eigenvalue weighted by Gasteiger charge is 2.15. The minimum absolute atomic E-state index is 0.0800. The Hall–Kier alpha value is -1.92. The summed E-state index contributed by atoms with van der Waals surface area (Å²) >= 11 is 3.29. The van der Waals surface area contributed by atoms with Crippen LogP contribution in [0.4, 0.5) is 0 Å². The molecule has 1 N–H and O–H groups in total. The zero-order chi connectivity index (χ0) is 17.3. The summed E-state index contributed by atoms with van der Waals surface area (Å²) in [5.41, 5.74) is 0.872. The maximum absolute atomic E-state index is 12.9. The van der Waals surface area contributed by atoms with Crippen molar-refractivity contribution in [3.8, 4) is 0 Å². The van der Waals surface area contributed by atoms with Crippen LogP contribution in [0.2, 0.25) is 0 Å². The summed E-state index contributed by atoms with van der Waals surface area (Å²) in [5.74, 6) is 0.715. The Bertz CT molecular complexity index is 992. The molecule has 0 spiro atoms. The van der Waals surface area contributed by atoms with Crippen molar-refractivity contribution in [2.45, 2.75) is 23.6 Å². The van der Waals surface area contributed by atoms with Gasteiger partial charge in [0.2, 0.25) is 5.43 Å². The van der Waals surface area contributed by atoms with Gasteiger partial charge in [-0.1, -0.05) is 13.8 Å². The van der Waals surface area contributed by atoms with Crippen LogP contribution in [0.5, 0.6) is 0 Å². The second-order valence-corrected chi connectivity index (χ2v) is 7.75. The molecule has 3 aromatic rings. The van der Waals surface area contributed by atoms with E-state index in [1.165, 1.54) is 12.1 Å². The molecule has 2 aromatic carbocycles. The third-order valence-electron chi connectivity index (χ3n) is 3.57. The zero-order valence-electron chi connectivity index (χ0n) is 13.3. The summed E-state index contributed by atoms with van der Waals surface area (Å²) in [6, 6.07) is 8.27. The Balaban J connectivity index is 2.38. The Kier molecular flexibility index (Phi) is 4.87. The van der Waals surface area contributed by atoms with Gasteiger partial charge in [0, 0.05) is 4.90 Å². The van der Waals surface area contributed by atoms with Crippen LogP contribution in [-0.2, 0) is 0 Å². The minimum Gasteiger partial charge on any atom is -0.478 e. The fraction of sp³-hybridized carbons (Fsp3) is 0.222. The lowest BCUT2D eigenvalue weighted by Gasteiger charge is -2.09. The molecule has 124 valence electrons. The number of carbonyl (C=O) groups is 1. The van der Waals surface area contributed by atoms with Crippen LogP contribution in [-0.4, -0.2) is 22.6 Å². The Morgan fingerprint density at radius 1 is 1.08 bits per heavy atom. The molecule has 0 saturated carbocycles. The van der Waals surface area contributed by atoms with Gasteiger partial charge in [0.25, 0.3) is 0 Å². The quantitative estimate of drug-likeness (QED) is 0.517. The van der Waals surface area contributed by atoms with Crippen molar-refractivity contribution in [3.05, 3.63) is 46.1 Å². The lowest BCUT2D eigenvalue weighted by molar-refractivity contribution is 0.0697. The van der Waals surface area contributed by atoms with Crippen LogP contribution < -0.4 is 5.43 Å². The van der Waals surface area contributed by atoms with E-state index in [4.69, 9.17) is 9.52 Å². The minimum atomic E-state index is -1.06. The average Bonchev–Trinajstić information content (AvgIpc) is 2.56. The molecule has 0 unspecified atom stereocenters. The maximum Gasteiger partial charge on any atom is 0.335 e. The molecule has 0 aliphatic rings. The first kappa shape index (κ1) is 16.9. The standard InChI is InChI=1S/C18H16O4S2/c1-3-23-11-8-13-16(19)12-7-10(18(20)21)5-6-14(12)22-17(13)15(9-11)24-4-2/h5-9H,3-4H2,1-2H3,(H,20,21). The van der Waals surface area contributed by atoms with Gasteiger partial charge in [-0.05, 0) is 41.8 Å². The fourth-order valence-corrected chi connectivity index (χ4v) is 4.16. The topological polar surface area (TPSA) is 67.5 Å². The fourth-order valence-electron chi connectivity index (χ4n) is 2.55. The number of fused-ring (bicyclic) bond motifs is 2. The molecule has 0 aliphatic heterocycles. The van der Waals surface area contributed by atoms with Crippen molar-refractivity contribution in [1.29, 1.82) is 0 Å². The number of benzene rings is 2. The molecular formula is C18H16O4S2. The monoisotopic (exact) mass is 360 g/mol. The van der Waals surface area contributed by atoms with E-state index in [2.05, 4.69) is 13.8 Å². The molecular weight excluding hydrogens is 344 g/mol. The van der Waals surface area contributed by atoms with Gasteiger partial charge in [0.15, 0.2) is 5.58 Å². The summed E-state index contributed by atoms with van der Waals surface area (Å²) in [6.45, 7) is 4.11. The van der Waals surface area contributed by atoms with Gasteiger partial charge in [-0.3, -0.25) is 4.79 Å². The van der Waals surface area contributed by atoms with Crippen LogP contribution in [0.3, 0.4) is 0 Å². The number of carboxylic acids is 1. The van der Waals surface area contributed by atoms with Gasteiger partial charge in [0.05, 0.1) is 21.2 Å². The lowest BCUT2D eigenvalue weighted by atomic mass is 10.1. The average molecular weight is 360 g/mol. The van der Waals surface area contributed by atoms with E-state index in [0.29, 0.717) is 21.9 Å². The van der Waals surface area contributed by atoms with E-state index in [1.54, 1.807) is 29.6 Å². The molecule has 1 aromatic heterocycles. The first-order valence-electron chi connectivity index (χ1n) is 7.58. The van der Waals surface area contributed by atoms with Gasteiger partial charge in [0.1, 0.15) is 5.58 Å². The number of hydrogen-bond acceptors (Lipinski definition) is 5. The first-order valence-corrected chi connectivity index (χ1v) is 9.55. The molecule has 0 atom stereocenters. The van der Waals surface area contributed by atoms with Crippen LogP contribution >= 0.6 is 23.5 Å². The molecule has 0 radical (unpaired) electrons. The maximum atomic E-state index is 12.9. The summed E-state index contributed by atoms with van der Waals surface area (Å²) < 4.78 is 5.96. The number of carboxylic acid groups (broad SMARTS) is 1. The summed E-state index contributed by atoms with van der Waals surface area (Å²) in [5, 5.41) is 9.94. The predicted octanol–water partition coefficient (Wildman–Crippen LogP) is 4.87. The summed E-state index contributed by atoms with van der Waals surface area (Å²) in [4.78, 5) is 26.0. The van der Waals surface area contributed by atoms with Crippen LogP contribution in [0.1, 0.15) is 24.2 Å². The highest BCUT2D eigenvalue weighted by atomic mass is 32.2. The Morgan fingerprint density at radius 3 is 2.50 bits per heavy atom. The Labute approximate surface area is 147 Å². The summed E-state index contributed by atoms with van der Waals surface area (Å²) in [6.07, 6.45) is 0. The van der Waals surface area contributed by atoms with E-state index < -0.39 is 5.97 Å². The smallest absolute Gasteiger partial charge is 0.335 e. The lowest BCUT2D eigenvalue weighted by Crippen LogP contribution is -2.05. The van der Waals surface area contributed by atoms with Crippen molar-refractivity contribution in [1.82, 2.24) is 0 Å². The largest absolute Gasteiger partial charge is 0.478 e. The third-order valence-corrected chi connectivity index (χ3v) is 5.33. The normalized spacial score (nSPS) is 11.2. The van der Waals surface area contributed by atoms with Crippen LogP contribution in [0.15, 0.2) is 49.3 Å². The van der Waals surface area contributed by atoms with Gasteiger partial charge in [-0.15, -0.1) is 23.5 Å². The van der Waals surface area contributed by atoms with Gasteiger partial charge >= 0.3 is 5.97 Å². The van der Waals surface area contributed by atoms with Crippen molar-refractivity contribution < 1.29 is 14.3 Å². The Morgan fingerprint density at radius 2 is 1.83 bits per heavy atom. The molecule has 0 fully saturated rings. The molecule has 0 aliphatic carbocycles. The van der Waals surface area contributed by atoms with E-state index in [-0.39, 0.29) is 11.0 Å². The van der Waals surface area contributed by atoms with Gasteiger partial charge in [-0.25, -0.2) is 4.79 Å². The van der Waals surface area contributed by atoms with Crippen molar-refractivity contribution in [2.24, 2.45) is 0 Å². The summed E-state index contributed by atoms with van der Waals surface area (Å²) in [7, 11) is 0. The van der Waals surface area contributed by atoms with E-state index in [1.807, 2.05) is 12.1 Å².